The predicted molar refractivity (Wildman–Crippen MR) is 44.5 cm³/mol. The first kappa shape index (κ1) is 7.20. The molecule has 1 heteroatoms. The van der Waals surface area contributed by atoms with Crippen LogP contribution >= 0.6 is 11.8 Å². The van der Waals surface area contributed by atoms with Gasteiger partial charge in [-0.3, -0.25) is 0 Å². The lowest BCUT2D eigenvalue weighted by Crippen LogP contribution is -1.71. The Morgan fingerprint density at radius 2 is 2.56 bits per heavy atom. The summed E-state index contributed by atoms with van der Waals surface area (Å²) in [5.41, 5.74) is 0. The third kappa shape index (κ3) is 3.63. The highest BCUT2D eigenvalue weighted by Gasteiger charge is 2.16. The molecule has 51 valence electrons. The molecule has 0 bridgehead atoms. The Hall–Kier alpha value is 0.0900. The smallest absolute Gasteiger partial charge is 0.00357 e. The third-order valence-corrected chi connectivity index (χ3v) is 2.02. The van der Waals surface area contributed by atoms with Gasteiger partial charge in [0.1, 0.15) is 0 Å². The van der Waals surface area contributed by atoms with E-state index in [1.165, 1.54) is 18.6 Å². The largest absolute Gasteiger partial charge is 0.165 e. The lowest BCUT2D eigenvalue weighted by Gasteiger charge is -1.86. The highest BCUT2D eigenvalue weighted by molar-refractivity contribution is 7.98. The first-order valence-electron chi connectivity index (χ1n) is 3.42. The van der Waals surface area contributed by atoms with Crippen LogP contribution in [-0.4, -0.2) is 12.0 Å². The van der Waals surface area contributed by atoms with Crippen LogP contribution in [0.4, 0.5) is 0 Å². The fourth-order valence-corrected chi connectivity index (χ4v) is 1.06. The Bertz CT molecular complexity index is 92.7. The topological polar surface area (TPSA) is 0 Å². The summed E-state index contributed by atoms with van der Waals surface area (Å²) in [6.45, 7) is 0. The van der Waals surface area contributed by atoms with Gasteiger partial charge in [0.2, 0.25) is 0 Å². The minimum Gasteiger partial charge on any atom is -0.165 e. The Balaban J connectivity index is 1.89. The van der Waals surface area contributed by atoms with Crippen molar-refractivity contribution in [2.24, 2.45) is 5.92 Å². The molecule has 0 aliphatic heterocycles. The number of hydrogen-bond acceptors (Lipinski definition) is 1. The van der Waals surface area contributed by atoms with E-state index in [9.17, 15) is 0 Å². The van der Waals surface area contributed by atoms with E-state index < -0.39 is 0 Å². The number of allylic oxidation sites excluding steroid dienone is 2. The lowest BCUT2D eigenvalue weighted by molar-refractivity contribution is 1.12. The van der Waals surface area contributed by atoms with Crippen molar-refractivity contribution < 1.29 is 0 Å². The van der Waals surface area contributed by atoms with Crippen LogP contribution in [0.25, 0.3) is 0 Å². The van der Waals surface area contributed by atoms with E-state index in [0.29, 0.717) is 0 Å². The fraction of sp³-hybridized carbons (Fsp3) is 0.625. The quantitative estimate of drug-likeness (QED) is 0.428. The summed E-state index contributed by atoms with van der Waals surface area (Å²) in [6, 6.07) is 0. The van der Waals surface area contributed by atoms with E-state index >= 15 is 0 Å². The number of rotatable bonds is 4. The molecule has 9 heavy (non-hydrogen) atoms. The molecule has 0 aromatic heterocycles. The fourth-order valence-electron chi connectivity index (χ4n) is 0.693. The summed E-state index contributed by atoms with van der Waals surface area (Å²) < 4.78 is 0. The van der Waals surface area contributed by atoms with Crippen LogP contribution in [-0.2, 0) is 0 Å². The van der Waals surface area contributed by atoms with E-state index in [4.69, 9.17) is 0 Å². The molecule has 0 aromatic carbocycles. The van der Waals surface area contributed by atoms with Crippen molar-refractivity contribution in [3.8, 4) is 0 Å². The van der Waals surface area contributed by atoms with Gasteiger partial charge in [-0.2, -0.15) is 11.8 Å². The zero-order chi connectivity index (χ0) is 6.53. The molecule has 1 aliphatic carbocycles. The van der Waals surface area contributed by atoms with Crippen LogP contribution in [0.15, 0.2) is 12.2 Å². The maximum Gasteiger partial charge on any atom is -0.00357 e. The summed E-state index contributed by atoms with van der Waals surface area (Å²) in [7, 11) is 0. The first-order chi connectivity index (χ1) is 4.43. The van der Waals surface area contributed by atoms with Crippen molar-refractivity contribution >= 4 is 11.8 Å². The molecule has 1 radical (unpaired) electrons. The first-order valence-corrected chi connectivity index (χ1v) is 4.82. The van der Waals surface area contributed by atoms with E-state index in [-0.39, 0.29) is 0 Å². The molecule has 1 saturated carbocycles. The molecule has 1 rings (SSSR count). The zero-order valence-electron chi connectivity index (χ0n) is 5.84. The van der Waals surface area contributed by atoms with Crippen molar-refractivity contribution in [1.82, 2.24) is 0 Å². The monoisotopic (exact) mass is 141 g/mol. The van der Waals surface area contributed by atoms with Crippen LogP contribution < -0.4 is 0 Å². The maximum absolute atomic E-state index is 2.33. The molecular formula is C8H13S. The van der Waals surface area contributed by atoms with Gasteiger partial charge < -0.3 is 0 Å². The van der Waals surface area contributed by atoms with Gasteiger partial charge in [-0.1, -0.05) is 12.2 Å². The van der Waals surface area contributed by atoms with Gasteiger partial charge in [0.05, 0.1) is 0 Å². The summed E-state index contributed by atoms with van der Waals surface area (Å²) in [5, 5.41) is 0. The highest BCUT2D eigenvalue weighted by Crippen LogP contribution is 2.28. The zero-order valence-corrected chi connectivity index (χ0v) is 6.66. The Labute approximate surface area is 61.7 Å². The van der Waals surface area contributed by atoms with Crippen molar-refractivity contribution in [2.45, 2.75) is 12.8 Å². The van der Waals surface area contributed by atoms with Crippen LogP contribution in [0, 0.1) is 12.3 Å². The van der Waals surface area contributed by atoms with E-state index in [1.807, 2.05) is 11.8 Å². The summed E-state index contributed by atoms with van der Waals surface area (Å²) in [5.74, 6) is 2.11. The third-order valence-electron chi connectivity index (χ3n) is 1.38. The van der Waals surface area contributed by atoms with E-state index in [2.05, 4.69) is 24.8 Å². The van der Waals surface area contributed by atoms with Crippen molar-refractivity contribution in [3.05, 3.63) is 18.6 Å². The molecule has 0 saturated heterocycles. The van der Waals surface area contributed by atoms with Crippen LogP contribution in [0.5, 0.6) is 0 Å². The second-order valence-electron chi connectivity index (χ2n) is 2.34. The molecule has 0 N–H and O–H groups in total. The minimum absolute atomic E-state index is 0.840. The van der Waals surface area contributed by atoms with Gasteiger partial charge in [-0.25, -0.2) is 0 Å². The van der Waals surface area contributed by atoms with Crippen LogP contribution in [0.2, 0.25) is 0 Å². The molecule has 0 nitrogen and oxygen atoms in total. The molecule has 1 fully saturated rings. The lowest BCUT2D eigenvalue weighted by atomic mass is 10.3. The van der Waals surface area contributed by atoms with Gasteiger partial charge in [-0.05, 0) is 37.2 Å². The molecule has 0 heterocycles. The molecule has 1 atom stereocenters. The van der Waals surface area contributed by atoms with Crippen LogP contribution in [0.3, 0.4) is 0 Å². The van der Waals surface area contributed by atoms with Gasteiger partial charge in [0, 0.05) is 0 Å². The van der Waals surface area contributed by atoms with Crippen molar-refractivity contribution in [3.63, 3.8) is 0 Å². The van der Waals surface area contributed by atoms with Gasteiger partial charge in [-0.15, -0.1) is 0 Å². The van der Waals surface area contributed by atoms with Gasteiger partial charge in [0.25, 0.3) is 0 Å². The molecule has 1 aliphatic rings. The average Bonchev–Trinajstić information content (AvgIpc) is 2.63. The molecule has 0 amide bonds. The van der Waals surface area contributed by atoms with Gasteiger partial charge in [0.15, 0.2) is 0 Å². The highest BCUT2D eigenvalue weighted by atomic mass is 32.2. The molecular weight excluding hydrogens is 128 g/mol. The van der Waals surface area contributed by atoms with Crippen molar-refractivity contribution in [1.29, 1.82) is 0 Å². The van der Waals surface area contributed by atoms with E-state index in [0.717, 1.165) is 5.92 Å². The Morgan fingerprint density at radius 1 is 1.78 bits per heavy atom. The van der Waals surface area contributed by atoms with Crippen LogP contribution in [0.1, 0.15) is 12.8 Å². The normalized spacial score (nSPS) is 19.2. The SMILES string of the molecule is CSCCC=CC1[CH]C1. The Kier molecular flexibility index (Phi) is 3.20. The standard InChI is InChI=1S/C8H13S/c1-9-7-3-2-4-8-5-6-8/h2,4-5,8H,3,6-7H2,1H3. The van der Waals surface area contributed by atoms with Crippen molar-refractivity contribution in [2.75, 3.05) is 12.0 Å². The summed E-state index contributed by atoms with van der Waals surface area (Å²) >= 11 is 1.91. The second kappa shape index (κ2) is 3.99. The number of hydrogen-bond donors (Lipinski definition) is 0. The summed E-state index contributed by atoms with van der Waals surface area (Å²) in [6.07, 6.45) is 11.6. The maximum atomic E-state index is 2.33. The second-order valence-corrected chi connectivity index (χ2v) is 3.33. The van der Waals surface area contributed by atoms with Gasteiger partial charge >= 0.3 is 0 Å². The number of thioether (sulfide) groups is 1. The van der Waals surface area contributed by atoms with E-state index in [1.54, 1.807) is 0 Å². The molecule has 0 aromatic rings. The summed E-state index contributed by atoms with van der Waals surface area (Å²) in [4.78, 5) is 0. The minimum atomic E-state index is 0.840. The predicted octanol–water partition coefficient (Wildman–Crippen LogP) is 2.52. The molecule has 1 unspecified atom stereocenters. The average molecular weight is 141 g/mol. The molecule has 0 spiro atoms. The Morgan fingerprint density at radius 3 is 3.11 bits per heavy atom.